The second kappa shape index (κ2) is 9.45. The van der Waals surface area contributed by atoms with Crippen molar-refractivity contribution in [3.63, 3.8) is 0 Å². The fraction of sp³-hybridized carbons (Fsp3) is 0.368. The molecule has 0 aromatic heterocycles. The monoisotopic (exact) mass is 401 g/mol. The lowest BCUT2D eigenvalue weighted by Crippen LogP contribution is -2.34. The largest absolute Gasteiger partial charge is 0.466 e. The molecule has 10 nitrogen and oxygen atoms in total. The Balaban J connectivity index is 2.74. The number of carbonyl (C=O) groups is 2. The second-order valence-corrected chi connectivity index (χ2v) is 5.91. The fourth-order valence-electron chi connectivity index (χ4n) is 3.05. The van der Waals surface area contributed by atoms with Crippen LogP contribution in [0.1, 0.15) is 31.7 Å². The third kappa shape index (κ3) is 4.57. The number of rotatable bonds is 7. The van der Waals surface area contributed by atoms with Gasteiger partial charge in [0.05, 0.1) is 35.7 Å². The molecule has 10 heteroatoms. The van der Waals surface area contributed by atoms with E-state index in [1.165, 1.54) is 24.3 Å². The maximum Gasteiger partial charge on any atom is 0.338 e. The number of nitro groups is 1. The highest BCUT2D eigenvalue weighted by atomic mass is 16.6. The molecule has 1 aliphatic rings. The molecule has 0 saturated heterocycles. The highest BCUT2D eigenvalue weighted by Crippen LogP contribution is 2.43. The number of nitrogens with one attached hydrogen (secondary N) is 1. The topological polar surface area (TPSA) is 153 Å². The Morgan fingerprint density at radius 3 is 2.52 bits per heavy atom. The molecule has 2 unspecified atom stereocenters. The van der Waals surface area contributed by atoms with Gasteiger partial charge in [-0.1, -0.05) is 18.2 Å². The zero-order chi connectivity index (χ0) is 21.6. The summed E-state index contributed by atoms with van der Waals surface area (Å²) >= 11 is 0. The molecule has 0 bridgehead atoms. The number of hydrogen-bond acceptors (Lipinski definition) is 9. The van der Waals surface area contributed by atoms with E-state index in [1.54, 1.807) is 13.8 Å². The molecule has 0 amide bonds. The second-order valence-electron chi connectivity index (χ2n) is 5.91. The molecule has 152 valence electrons. The SMILES string of the molecule is CCOC(=O)CC1=C(C(=O)OCC)C(c2ccccc2[N+](=O)[O-])C(C#N)C(=N)O1. The van der Waals surface area contributed by atoms with E-state index in [1.807, 2.05) is 6.07 Å². The highest BCUT2D eigenvalue weighted by Gasteiger charge is 2.45. The van der Waals surface area contributed by atoms with Crippen molar-refractivity contribution >= 4 is 23.5 Å². The van der Waals surface area contributed by atoms with Crippen molar-refractivity contribution < 1.29 is 28.7 Å². The van der Waals surface area contributed by atoms with Gasteiger partial charge in [-0.15, -0.1) is 0 Å². The third-order valence-corrected chi connectivity index (χ3v) is 4.17. The van der Waals surface area contributed by atoms with Crippen molar-refractivity contribution in [3.8, 4) is 6.07 Å². The van der Waals surface area contributed by atoms with Crippen LogP contribution >= 0.6 is 0 Å². The Kier molecular flexibility index (Phi) is 7.03. The number of hydrogen-bond donors (Lipinski definition) is 1. The lowest BCUT2D eigenvalue weighted by Gasteiger charge is -2.31. The maximum atomic E-state index is 12.7. The number of ether oxygens (including phenoxy) is 3. The van der Waals surface area contributed by atoms with E-state index in [-0.39, 0.29) is 35.8 Å². The van der Waals surface area contributed by atoms with Gasteiger partial charge >= 0.3 is 11.9 Å². The van der Waals surface area contributed by atoms with Crippen molar-refractivity contribution in [1.82, 2.24) is 0 Å². The standard InChI is InChI=1S/C19H19N3O7/c1-3-27-15(23)9-14-17(19(24)28-4-2)16(12(10-20)18(21)29-14)11-7-5-6-8-13(11)22(25)26/h5-8,12,16,21H,3-4,9H2,1-2H3. The van der Waals surface area contributed by atoms with Crippen molar-refractivity contribution in [2.75, 3.05) is 13.2 Å². The van der Waals surface area contributed by atoms with Crippen LogP contribution < -0.4 is 0 Å². The lowest BCUT2D eigenvalue weighted by atomic mass is 9.77. The molecule has 0 aliphatic carbocycles. The van der Waals surface area contributed by atoms with E-state index in [4.69, 9.17) is 19.6 Å². The first kappa shape index (κ1) is 21.6. The molecule has 0 radical (unpaired) electrons. The summed E-state index contributed by atoms with van der Waals surface area (Å²) in [5.41, 5.74) is -0.497. The van der Waals surface area contributed by atoms with Crippen molar-refractivity contribution in [3.05, 3.63) is 51.3 Å². The Morgan fingerprint density at radius 1 is 1.28 bits per heavy atom. The van der Waals surface area contributed by atoms with Gasteiger partial charge in [0.25, 0.3) is 5.69 Å². The molecule has 1 heterocycles. The van der Waals surface area contributed by atoms with Crippen LogP contribution in [0.5, 0.6) is 0 Å². The predicted octanol–water partition coefficient (Wildman–Crippen LogP) is 2.60. The third-order valence-electron chi connectivity index (χ3n) is 4.17. The van der Waals surface area contributed by atoms with Gasteiger partial charge in [0, 0.05) is 11.6 Å². The summed E-state index contributed by atoms with van der Waals surface area (Å²) in [4.78, 5) is 35.6. The van der Waals surface area contributed by atoms with Crippen LogP contribution in [0.25, 0.3) is 0 Å². The number of para-hydroxylation sites is 1. The Labute approximate surface area is 166 Å². The number of nitriles is 1. The molecule has 2 rings (SSSR count). The van der Waals surface area contributed by atoms with Crippen LogP contribution in [0.2, 0.25) is 0 Å². The Hall–Kier alpha value is -3.74. The number of esters is 2. The summed E-state index contributed by atoms with van der Waals surface area (Å²) in [5, 5.41) is 29.2. The van der Waals surface area contributed by atoms with E-state index in [2.05, 4.69) is 0 Å². The number of nitro benzene ring substituents is 1. The predicted molar refractivity (Wildman–Crippen MR) is 98.7 cm³/mol. The summed E-state index contributed by atoms with van der Waals surface area (Å²) in [6.07, 6.45) is -0.486. The average molecular weight is 401 g/mol. The van der Waals surface area contributed by atoms with Gasteiger partial charge in [0.15, 0.2) is 0 Å². The van der Waals surface area contributed by atoms with Gasteiger partial charge in [0.2, 0.25) is 5.90 Å². The van der Waals surface area contributed by atoms with E-state index in [0.717, 1.165) is 0 Å². The van der Waals surface area contributed by atoms with Crippen molar-refractivity contribution in [1.29, 1.82) is 10.7 Å². The van der Waals surface area contributed by atoms with Gasteiger partial charge in [-0.2, -0.15) is 5.26 Å². The number of nitrogens with zero attached hydrogens (tertiary/aromatic N) is 2. The van der Waals surface area contributed by atoms with Crippen molar-refractivity contribution in [2.45, 2.75) is 26.2 Å². The first-order valence-corrected chi connectivity index (χ1v) is 8.80. The Bertz CT molecular complexity index is 917. The summed E-state index contributed by atoms with van der Waals surface area (Å²) in [6.45, 7) is 3.25. The fourth-order valence-corrected chi connectivity index (χ4v) is 3.05. The molecular weight excluding hydrogens is 382 g/mol. The molecule has 2 atom stereocenters. The van der Waals surface area contributed by atoms with Crippen molar-refractivity contribution in [2.24, 2.45) is 5.92 Å². The summed E-state index contributed by atoms with van der Waals surface area (Å²) < 4.78 is 15.2. The van der Waals surface area contributed by atoms with E-state index in [0.29, 0.717) is 0 Å². The van der Waals surface area contributed by atoms with E-state index in [9.17, 15) is 25.0 Å². The van der Waals surface area contributed by atoms with E-state index >= 15 is 0 Å². The molecule has 1 aromatic rings. The lowest BCUT2D eigenvalue weighted by molar-refractivity contribution is -0.385. The van der Waals surface area contributed by atoms with Crippen LogP contribution in [-0.2, 0) is 23.8 Å². The van der Waals surface area contributed by atoms with Crippen LogP contribution in [0.15, 0.2) is 35.6 Å². The molecule has 1 aliphatic heterocycles. The van der Waals surface area contributed by atoms with Gasteiger partial charge in [-0.3, -0.25) is 20.3 Å². The first-order valence-electron chi connectivity index (χ1n) is 8.80. The molecule has 1 aromatic carbocycles. The molecule has 0 saturated carbocycles. The normalized spacial score (nSPS) is 18.4. The van der Waals surface area contributed by atoms with E-state index < -0.39 is 41.0 Å². The minimum atomic E-state index is -1.32. The molecule has 0 spiro atoms. The van der Waals surface area contributed by atoms with Crippen LogP contribution in [0.3, 0.4) is 0 Å². The minimum Gasteiger partial charge on any atom is -0.466 e. The summed E-state index contributed by atoms with van der Waals surface area (Å²) in [6, 6.07) is 7.46. The van der Waals surface area contributed by atoms with Crippen LogP contribution in [0, 0.1) is 32.8 Å². The minimum absolute atomic E-state index is 0.00666. The van der Waals surface area contributed by atoms with Gasteiger partial charge in [0.1, 0.15) is 18.1 Å². The molecule has 29 heavy (non-hydrogen) atoms. The van der Waals surface area contributed by atoms with Gasteiger partial charge < -0.3 is 14.2 Å². The zero-order valence-corrected chi connectivity index (χ0v) is 15.8. The molecule has 0 fully saturated rings. The zero-order valence-electron chi connectivity index (χ0n) is 15.8. The quantitative estimate of drug-likeness (QED) is 0.415. The molecule has 1 N–H and O–H groups in total. The van der Waals surface area contributed by atoms with Gasteiger partial charge in [-0.25, -0.2) is 4.79 Å². The Morgan fingerprint density at radius 2 is 1.93 bits per heavy atom. The van der Waals surface area contributed by atoms with Crippen LogP contribution in [0.4, 0.5) is 5.69 Å². The summed E-state index contributed by atoms with van der Waals surface area (Å²) in [7, 11) is 0. The highest BCUT2D eigenvalue weighted by molar-refractivity contribution is 5.97. The smallest absolute Gasteiger partial charge is 0.338 e. The number of carbonyl (C=O) groups excluding carboxylic acids is 2. The maximum absolute atomic E-state index is 12.7. The first-order chi connectivity index (χ1) is 13.8. The number of benzene rings is 1. The average Bonchev–Trinajstić information content (AvgIpc) is 2.67. The molecular formula is C19H19N3O7. The summed E-state index contributed by atoms with van der Waals surface area (Å²) in [5.74, 6) is -4.88. The van der Waals surface area contributed by atoms with Gasteiger partial charge in [-0.05, 0) is 13.8 Å². The van der Waals surface area contributed by atoms with Crippen LogP contribution in [-0.4, -0.2) is 36.0 Å².